The molecule has 0 radical (unpaired) electrons. The lowest BCUT2D eigenvalue weighted by Crippen LogP contribution is -2.44. The maximum atomic E-state index is 12.1. The molecule has 12 heteroatoms. The van der Waals surface area contributed by atoms with Crippen molar-refractivity contribution in [1.82, 2.24) is 20.9 Å². The van der Waals surface area contributed by atoms with Gasteiger partial charge >= 0.3 is 6.09 Å². The van der Waals surface area contributed by atoms with Crippen LogP contribution in [0.15, 0.2) is 4.99 Å². The number of amides is 2. The summed E-state index contributed by atoms with van der Waals surface area (Å²) in [4.78, 5) is 30.6. The van der Waals surface area contributed by atoms with E-state index in [1.165, 1.54) is 0 Å². The van der Waals surface area contributed by atoms with E-state index in [-0.39, 0.29) is 59.9 Å². The third kappa shape index (κ3) is 10.2. The molecule has 2 fully saturated rings. The zero-order valence-corrected chi connectivity index (χ0v) is 21.9. The van der Waals surface area contributed by atoms with Crippen molar-refractivity contribution in [2.45, 2.75) is 64.6 Å². The smallest absolute Gasteiger partial charge is 0.407 e. The van der Waals surface area contributed by atoms with Gasteiger partial charge in [-0.25, -0.2) is 13.2 Å². The summed E-state index contributed by atoms with van der Waals surface area (Å²) < 4.78 is 28.3. The Kier molecular flexibility index (Phi) is 10.8. The fourth-order valence-electron chi connectivity index (χ4n) is 3.44. The molecular weight excluding hydrogens is 537 g/mol. The van der Waals surface area contributed by atoms with Crippen LogP contribution < -0.4 is 16.0 Å². The highest BCUT2D eigenvalue weighted by Crippen LogP contribution is 2.13. The number of rotatable bonds is 6. The molecule has 180 valence electrons. The minimum absolute atomic E-state index is 0. The van der Waals surface area contributed by atoms with Crippen molar-refractivity contribution >= 4 is 51.8 Å². The molecule has 2 heterocycles. The second-order valence-electron chi connectivity index (χ2n) is 8.73. The van der Waals surface area contributed by atoms with Crippen LogP contribution >= 0.6 is 24.0 Å². The van der Waals surface area contributed by atoms with Crippen molar-refractivity contribution in [3.05, 3.63) is 0 Å². The van der Waals surface area contributed by atoms with Gasteiger partial charge in [0.15, 0.2) is 15.8 Å². The highest BCUT2D eigenvalue weighted by Gasteiger charge is 2.29. The van der Waals surface area contributed by atoms with Gasteiger partial charge in [-0.1, -0.05) is 0 Å². The van der Waals surface area contributed by atoms with Crippen LogP contribution in [0.4, 0.5) is 4.79 Å². The van der Waals surface area contributed by atoms with Crippen LogP contribution in [0, 0.1) is 0 Å². The second-order valence-corrected chi connectivity index (χ2v) is 11.0. The molecule has 10 nitrogen and oxygen atoms in total. The van der Waals surface area contributed by atoms with Crippen LogP contribution in [-0.4, -0.2) is 86.6 Å². The average Bonchev–Trinajstić information content (AvgIpc) is 3.18. The molecule has 0 aliphatic carbocycles. The Morgan fingerprint density at radius 3 is 2.45 bits per heavy atom. The van der Waals surface area contributed by atoms with E-state index in [0.29, 0.717) is 32.0 Å². The number of hydrogen-bond donors (Lipinski definition) is 3. The molecule has 0 aromatic carbocycles. The van der Waals surface area contributed by atoms with E-state index in [9.17, 15) is 18.0 Å². The fraction of sp³-hybridized carbons (Fsp3) is 0.842. The molecule has 2 aliphatic rings. The Balaban J connectivity index is 0.00000480. The Hall–Kier alpha value is -1.31. The van der Waals surface area contributed by atoms with Crippen LogP contribution in [0.2, 0.25) is 0 Å². The number of nitrogens with zero attached hydrogens (tertiary/aromatic N) is 2. The zero-order chi connectivity index (χ0) is 22.4. The first-order valence-electron chi connectivity index (χ1n) is 10.5. The monoisotopic (exact) mass is 573 g/mol. The first-order valence-corrected chi connectivity index (χ1v) is 12.3. The predicted molar refractivity (Wildman–Crippen MR) is 131 cm³/mol. The topological polar surface area (TPSA) is 129 Å². The standard InChI is InChI=1S/C19H35N5O5S.HI/c1-5-20-17(21-9-6-16(25)22-15-8-11-30(27,28)13-15)24-10-7-14(12-24)23-18(26)29-19(2,3)4;/h14-15H,5-13H2,1-4H3,(H,20,21)(H,22,25)(H,23,26);1H. The van der Waals surface area contributed by atoms with Gasteiger partial charge in [-0.2, -0.15) is 0 Å². The van der Waals surface area contributed by atoms with E-state index in [4.69, 9.17) is 4.74 Å². The molecule has 3 N–H and O–H groups in total. The van der Waals surface area contributed by atoms with Crippen molar-refractivity contribution in [2.75, 3.05) is 37.7 Å². The highest BCUT2D eigenvalue weighted by molar-refractivity contribution is 14.0. The SMILES string of the molecule is CCNC(=NCCC(=O)NC1CCS(=O)(=O)C1)N1CCC(NC(=O)OC(C)(C)C)C1.I. The summed E-state index contributed by atoms with van der Waals surface area (Å²) in [5.41, 5.74) is -0.540. The zero-order valence-electron chi connectivity index (χ0n) is 18.8. The van der Waals surface area contributed by atoms with E-state index in [1.54, 1.807) is 0 Å². The lowest BCUT2D eigenvalue weighted by atomic mass is 10.2. The summed E-state index contributed by atoms with van der Waals surface area (Å²) in [5, 5.41) is 8.87. The molecule has 2 unspecified atom stereocenters. The molecule has 0 saturated carbocycles. The second kappa shape index (κ2) is 12.1. The van der Waals surface area contributed by atoms with Gasteiger partial charge in [0.05, 0.1) is 24.1 Å². The lowest BCUT2D eigenvalue weighted by molar-refractivity contribution is -0.121. The van der Waals surface area contributed by atoms with Crippen LogP contribution in [0.5, 0.6) is 0 Å². The number of halogens is 1. The van der Waals surface area contributed by atoms with Crippen LogP contribution in [0.1, 0.15) is 47.0 Å². The molecule has 0 bridgehead atoms. The average molecular weight is 573 g/mol. The number of carbonyl (C=O) groups is 2. The molecule has 2 amide bonds. The molecular formula is C19H36IN5O5S. The molecule has 2 rings (SSSR count). The highest BCUT2D eigenvalue weighted by atomic mass is 127. The van der Waals surface area contributed by atoms with Crippen molar-refractivity contribution in [1.29, 1.82) is 0 Å². The van der Waals surface area contributed by atoms with E-state index < -0.39 is 21.5 Å². The summed E-state index contributed by atoms with van der Waals surface area (Å²) in [6.45, 7) is 9.77. The normalized spacial score (nSPS) is 23.1. The quantitative estimate of drug-likeness (QED) is 0.244. The van der Waals surface area contributed by atoms with Crippen LogP contribution in [0.25, 0.3) is 0 Å². The van der Waals surface area contributed by atoms with Gasteiger partial charge < -0.3 is 25.6 Å². The Labute approximate surface area is 202 Å². The van der Waals surface area contributed by atoms with Gasteiger partial charge in [0.1, 0.15) is 5.60 Å². The number of aliphatic imine (C=N–C) groups is 1. The number of hydrogen-bond acceptors (Lipinski definition) is 6. The third-order valence-corrected chi connectivity index (χ3v) is 6.51. The van der Waals surface area contributed by atoms with Gasteiger partial charge in [-0.3, -0.25) is 9.79 Å². The largest absolute Gasteiger partial charge is 0.444 e. The maximum absolute atomic E-state index is 12.1. The van der Waals surface area contributed by atoms with E-state index in [1.807, 2.05) is 32.6 Å². The van der Waals surface area contributed by atoms with Crippen molar-refractivity contribution in [3.8, 4) is 0 Å². The summed E-state index contributed by atoms with van der Waals surface area (Å²) >= 11 is 0. The minimum Gasteiger partial charge on any atom is -0.444 e. The summed E-state index contributed by atoms with van der Waals surface area (Å²) in [6, 6.07) is -0.325. The number of nitrogens with one attached hydrogen (secondary N) is 3. The molecule has 31 heavy (non-hydrogen) atoms. The number of alkyl carbamates (subject to hydrolysis) is 1. The lowest BCUT2D eigenvalue weighted by Gasteiger charge is -2.23. The Morgan fingerprint density at radius 2 is 1.87 bits per heavy atom. The van der Waals surface area contributed by atoms with Gasteiger partial charge in [-0.15, -0.1) is 24.0 Å². The van der Waals surface area contributed by atoms with E-state index >= 15 is 0 Å². The van der Waals surface area contributed by atoms with E-state index in [0.717, 1.165) is 13.0 Å². The van der Waals surface area contributed by atoms with Gasteiger partial charge in [0.2, 0.25) is 5.91 Å². The Bertz CT molecular complexity index is 753. The molecule has 0 aromatic heterocycles. The summed E-state index contributed by atoms with van der Waals surface area (Å²) in [5.74, 6) is 0.656. The number of ether oxygens (including phenoxy) is 1. The van der Waals surface area contributed by atoms with Crippen molar-refractivity contribution < 1.29 is 22.7 Å². The van der Waals surface area contributed by atoms with Gasteiger partial charge in [0, 0.05) is 32.1 Å². The number of guanidine groups is 1. The molecule has 0 aromatic rings. The minimum atomic E-state index is -3.02. The number of carbonyl (C=O) groups excluding carboxylic acids is 2. The molecule has 0 spiro atoms. The predicted octanol–water partition coefficient (Wildman–Crippen LogP) is 0.862. The fourth-order valence-corrected chi connectivity index (χ4v) is 5.12. The Morgan fingerprint density at radius 1 is 1.16 bits per heavy atom. The first-order chi connectivity index (χ1) is 14.0. The molecule has 2 atom stereocenters. The molecule has 2 saturated heterocycles. The number of likely N-dealkylation sites (tertiary alicyclic amines) is 1. The molecule has 2 aliphatic heterocycles. The maximum Gasteiger partial charge on any atom is 0.407 e. The van der Waals surface area contributed by atoms with Gasteiger partial charge in [0.25, 0.3) is 0 Å². The first kappa shape index (κ1) is 27.7. The van der Waals surface area contributed by atoms with Crippen molar-refractivity contribution in [3.63, 3.8) is 0 Å². The van der Waals surface area contributed by atoms with Crippen LogP contribution in [-0.2, 0) is 19.4 Å². The third-order valence-electron chi connectivity index (χ3n) is 4.74. The van der Waals surface area contributed by atoms with Crippen molar-refractivity contribution in [2.24, 2.45) is 4.99 Å². The summed E-state index contributed by atoms with van der Waals surface area (Å²) in [7, 11) is -3.02. The van der Waals surface area contributed by atoms with Crippen LogP contribution in [0.3, 0.4) is 0 Å². The summed E-state index contributed by atoms with van der Waals surface area (Å²) in [6.07, 6.45) is 1.01. The van der Waals surface area contributed by atoms with E-state index in [2.05, 4.69) is 20.9 Å². The van der Waals surface area contributed by atoms with Gasteiger partial charge in [-0.05, 0) is 40.5 Å². The number of sulfone groups is 1.